The van der Waals surface area contributed by atoms with E-state index in [2.05, 4.69) is 17.6 Å². The van der Waals surface area contributed by atoms with Crippen LogP contribution >= 0.6 is 12.4 Å². The predicted molar refractivity (Wildman–Crippen MR) is 69.4 cm³/mol. The molecule has 1 amide bonds. The van der Waals surface area contributed by atoms with Gasteiger partial charge in [-0.15, -0.1) is 12.4 Å². The van der Waals surface area contributed by atoms with E-state index in [1.165, 1.54) is 6.42 Å². The Labute approximate surface area is 109 Å². The normalized spacial score (nSPS) is 32.2. The number of rotatable bonds is 4. The minimum atomic E-state index is -0.120. The topological polar surface area (TPSA) is 50.4 Å². The van der Waals surface area contributed by atoms with Crippen molar-refractivity contribution in [3.63, 3.8) is 0 Å². The molecule has 2 saturated heterocycles. The van der Waals surface area contributed by atoms with E-state index in [4.69, 9.17) is 4.74 Å². The zero-order valence-electron chi connectivity index (χ0n) is 10.5. The summed E-state index contributed by atoms with van der Waals surface area (Å²) in [6.45, 7) is 5.67. The van der Waals surface area contributed by atoms with E-state index in [0.29, 0.717) is 18.9 Å². The standard InChI is InChI=1S/C12H22N2O2.ClH/c1-12(5-7-16-9-12)14-11(15)3-2-10-4-6-13-8-10;/h10,13H,2-9H2,1H3,(H,14,15);1H. The Morgan fingerprint density at radius 1 is 1.59 bits per heavy atom. The summed E-state index contributed by atoms with van der Waals surface area (Å²) < 4.78 is 5.31. The summed E-state index contributed by atoms with van der Waals surface area (Å²) in [6.07, 6.45) is 3.81. The first kappa shape index (κ1) is 14.7. The Hall–Kier alpha value is -0.320. The molecule has 17 heavy (non-hydrogen) atoms. The van der Waals surface area contributed by atoms with Crippen LogP contribution in [0, 0.1) is 5.92 Å². The van der Waals surface area contributed by atoms with E-state index < -0.39 is 0 Å². The van der Waals surface area contributed by atoms with Crippen molar-refractivity contribution in [3.05, 3.63) is 0 Å². The smallest absolute Gasteiger partial charge is 0.220 e. The fourth-order valence-electron chi connectivity index (χ4n) is 2.46. The van der Waals surface area contributed by atoms with Crippen LogP contribution in [0.25, 0.3) is 0 Å². The van der Waals surface area contributed by atoms with E-state index in [1.807, 2.05) is 0 Å². The second-order valence-corrected chi connectivity index (χ2v) is 5.31. The quantitative estimate of drug-likeness (QED) is 0.798. The molecule has 2 heterocycles. The Morgan fingerprint density at radius 2 is 2.41 bits per heavy atom. The summed E-state index contributed by atoms with van der Waals surface area (Å²) in [5.41, 5.74) is -0.120. The third-order valence-electron chi connectivity index (χ3n) is 3.60. The first-order chi connectivity index (χ1) is 7.68. The summed E-state index contributed by atoms with van der Waals surface area (Å²) >= 11 is 0. The lowest BCUT2D eigenvalue weighted by Crippen LogP contribution is -2.46. The molecule has 2 unspecified atom stereocenters. The number of nitrogens with one attached hydrogen (secondary N) is 2. The van der Waals surface area contributed by atoms with Gasteiger partial charge in [-0.3, -0.25) is 4.79 Å². The minimum Gasteiger partial charge on any atom is -0.379 e. The highest BCUT2D eigenvalue weighted by atomic mass is 35.5. The van der Waals surface area contributed by atoms with Gasteiger partial charge < -0.3 is 15.4 Å². The van der Waals surface area contributed by atoms with Crippen molar-refractivity contribution in [1.82, 2.24) is 10.6 Å². The molecule has 0 radical (unpaired) electrons. The van der Waals surface area contributed by atoms with Crippen LogP contribution in [0.15, 0.2) is 0 Å². The van der Waals surface area contributed by atoms with Gasteiger partial charge in [-0.25, -0.2) is 0 Å². The van der Waals surface area contributed by atoms with Crippen LogP contribution in [-0.2, 0) is 9.53 Å². The minimum absolute atomic E-state index is 0. The van der Waals surface area contributed by atoms with Crippen molar-refractivity contribution >= 4 is 18.3 Å². The maximum Gasteiger partial charge on any atom is 0.220 e. The molecular weight excluding hydrogens is 240 g/mol. The molecule has 0 aromatic heterocycles. The molecule has 2 aliphatic rings. The summed E-state index contributed by atoms with van der Waals surface area (Å²) in [4.78, 5) is 11.8. The third kappa shape index (κ3) is 4.45. The number of hydrogen-bond acceptors (Lipinski definition) is 3. The highest BCUT2D eigenvalue weighted by Gasteiger charge is 2.31. The maximum atomic E-state index is 11.8. The van der Waals surface area contributed by atoms with E-state index >= 15 is 0 Å². The number of halogens is 1. The molecule has 0 spiro atoms. The summed E-state index contributed by atoms with van der Waals surface area (Å²) in [5, 5.41) is 6.42. The summed E-state index contributed by atoms with van der Waals surface area (Å²) in [6, 6.07) is 0. The maximum absolute atomic E-state index is 11.8. The number of ether oxygens (including phenoxy) is 1. The molecule has 0 aromatic carbocycles. The van der Waals surface area contributed by atoms with Crippen molar-refractivity contribution in [3.8, 4) is 0 Å². The Bertz CT molecular complexity index is 249. The van der Waals surface area contributed by atoms with Gasteiger partial charge in [0.1, 0.15) is 0 Å². The average molecular weight is 263 g/mol. The molecule has 100 valence electrons. The molecular formula is C12H23ClN2O2. The highest BCUT2D eigenvalue weighted by Crippen LogP contribution is 2.19. The molecule has 2 rings (SSSR count). The predicted octanol–water partition coefficient (Wildman–Crippen LogP) is 1.09. The van der Waals surface area contributed by atoms with Gasteiger partial charge in [-0.2, -0.15) is 0 Å². The van der Waals surface area contributed by atoms with Crippen LogP contribution in [0.2, 0.25) is 0 Å². The third-order valence-corrected chi connectivity index (χ3v) is 3.60. The Kier molecular flexibility index (Phi) is 5.70. The lowest BCUT2D eigenvalue weighted by atomic mass is 9.99. The van der Waals surface area contributed by atoms with Crippen molar-refractivity contribution in [2.75, 3.05) is 26.3 Å². The zero-order chi connectivity index (χ0) is 11.4. The van der Waals surface area contributed by atoms with Gasteiger partial charge in [0, 0.05) is 13.0 Å². The van der Waals surface area contributed by atoms with Crippen LogP contribution < -0.4 is 10.6 Å². The van der Waals surface area contributed by atoms with Gasteiger partial charge in [0.15, 0.2) is 0 Å². The van der Waals surface area contributed by atoms with Crippen LogP contribution in [0.5, 0.6) is 0 Å². The number of carbonyl (C=O) groups excluding carboxylic acids is 1. The Morgan fingerprint density at radius 3 is 3.00 bits per heavy atom. The highest BCUT2D eigenvalue weighted by molar-refractivity contribution is 5.85. The largest absolute Gasteiger partial charge is 0.379 e. The summed E-state index contributed by atoms with van der Waals surface area (Å²) in [7, 11) is 0. The van der Waals surface area contributed by atoms with E-state index in [-0.39, 0.29) is 23.9 Å². The molecule has 0 saturated carbocycles. The molecule has 0 bridgehead atoms. The first-order valence-corrected chi connectivity index (χ1v) is 6.27. The van der Waals surface area contributed by atoms with Gasteiger partial charge in [0.2, 0.25) is 5.91 Å². The van der Waals surface area contributed by atoms with Crippen molar-refractivity contribution in [2.45, 2.75) is 38.1 Å². The van der Waals surface area contributed by atoms with Gasteiger partial charge in [0.25, 0.3) is 0 Å². The molecule has 5 heteroatoms. The van der Waals surface area contributed by atoms with Crippen molar-refractivity contribution in [1.29, 1.82) is 0 Å². The molecule has 2 aliphatic heterocycles. The zero-order valence-corrected chi connectivity index (χ0v) is 11.3. The first-order valence-electron chi connectivity index (χ1n) is 6.27. The van der Waals surface area contributed by atoms with Crippen LogP contribution in [-0.4, -0.2) is 37.7 Å². The molecule has 2 N–H and O–H groups in total. The second kappa shape index (κ2) is 6.57. The molecule has 4 nitrogen and oxygen atoms in total. The molecule has 2 atom stereocenters. The Balaban J connectivity index is 0.00000144. The van der Waals surface area contributed by atoms with Gasteiger partial charge in [-0.1, -0.05) is 0 Å². The fourth-order valence-corrected chi connectivity index (χ4v) is 2.46. The number of amides is 1. The lowest BCUT2D eigenvalue weighted by molar-refractivity contribution is -0.123. The monoisotopic (exact) mass is 262 g/mol. The van der Waals surface area contributed by atoms with E-state index in [9.17, 15) is 4.79 Å². The van der Waals surface area contributed by atoms with Crippen LogP contribution in [0.3, 0.4) is 0 Å². The van der Waals surface area contributed by atoms with Gasteiger partial charge in [-0.05, 0) is 45.2 Å². The molecule has 0 aromatic rings. The van der Waals surface area contributed by atoms with Crippen molar-refractivity contribution < 1.29 is 9.53 Å². The van der Waals surface area contributed by atoms with Crippen LogP contribution in [0.1, 0.15) is 32.6 Å². The van der Waals surface area contributed by atoms with Crippen LogP contribution in [0.4, 0.5) is 0 Å². The van der Waals surface area contributed by atoms with Gasteiger partial charge in [0.05, 0.1) is 12.1 Å². The molecule has 2 fully saturated rings. The van der Waals surface area contributed by atoms with Crippen molar-refractivity contribution in [2.24, 2.45) is 5.92 Å². The number of carbonyl (C=O) groups is 1. The van der Waals surface area contributed by atoms with E-state index in [0.717, 1.165) is 32.5 Å². The summed E-state index contributed by atoms with van der Waals surface area (Å²) in [5.74, 6) is 0.873. The average Bonchev–Trinajstić information content (AvgIpc) is 2.86. The number of hydrogen-bond donors (Lipinski definition) is 2. The molecule has 0 aliphatic carbocycles. The van der Waals surface area contributed by atoms with E-state index in [1.54, 1.807) is 0 Å². The SMILES string of the molecule is CC1(NC(=O)CCC2CCNC2)CCOC1.Cl. The second-order valence-electron chi connectivity index (χ2n) is 5.31. The lowest BCUT2D eigenvalue weighted by Gasteiger charge is -2.23. The van der Waals surface area contributed by atoms with Gasteiger partial charge >= 0.3 is 0 Å². The fraction of sp³-hybridized carbons (Fsp3) is 0.917.